The maximum atomic E-state index is 13.2. The smallest absolute Gasteiger partial charge is 0.257 e. The van der Waals surface area contributed by atoms with E-state index in [1.165, 1.54) is 22.4 Å². The molecule has 0 N–H and O–H groups in total. The van der Waals surface area contributed by atoms with Crippen molar-refractivity contribution in [1.82, 2.24) is 4.90 Å². The summed E-state index contributed by atoms with van der Waals surface area (Å²) in [6.07, 6.45) is 5.72. The lowest BCUT2D eigenvalue weighted by Crippen LogP contribution is -2.35. The van der Waals surface area contributed by atoms with Crippen molar-refractivity contribution in [2.75, 3.05) is 18.0 Å². The summed E-state index contributed by atoms with van der Waals surface area (Å²) < 4.78 is 5.79. The monoisotopic (exact) mass is 398 g/mol. The molecule has 152 valence electrons. The maximum absolute atomic E-state index is 13.2. The maximum Gasteiger partial charge on any atom is 0.257 e. The Hall–Kier alpha value is -3.27. The highest BCUT2D eigenvalue weighted by atomic mass is 16.3. The van der Waals surface area contributed by atoms with Gasteiger partial charge in [0.25, 0.3) is 5.91 Å². The molecule has 1 unspecified atom stereocenters. The van der Waals surface area contributed by atoms with E-state index in [-0.39, 0.29) is 5.91 Å². The third-order valence-electron chi connectivity index (χ3n) is 6.28. The van der Waals surface area contributed by atoms with E-state index in [0.29, 0.717) is 24.7 Å². The van der Waals surface area contributed by atoms with E-state index in [4.69, 9.17) is 4.42 Å². The van der Waals surface area contributed by atoms with Gasteiger partial charge in [0.05, 0.1) is 18.4 Å². The van der Waals surface area contributed by atoms with Gasteiger partial charge in [0, 0.05) is 24.8 Å². The van der Waals surface area contributed by atoms with Crippen molar-refractivity contribution in [3.05, 3.63) is 95.5 Å². The van der Waals surface area contributed by atoms with Crippen LogP contribution in [0.3, 0.4) is 0 Å². The Kier molecular flexibility index (Phi) is 4.91. The lowest BCUT2D eigenvalue weighted by molar-refractivity contribution is 0.0770. The van der Waals surface area contributed by atoms with Gasteiger partial charge in [-0.15, -0.1) is 0 Å². The molecule has 4 heteroatoms. The number of para-hydroxylation sites is 1. The number of nitrogens with zero attached hydrogens (tertiary/aromatic N) is 2. The summed E-state index contributed by atoms with van der Waals surface area (Å²) >= 11 is 0. The Bertz CT molecular complexity index is 1080. The third kappa shape index (κ3) is 3.43. The van der Waals surface area contributed by atoms with Crippen LogP contribution in [0.2, 0.25) is 0 Å². The summed E-state index contributed by atoms with van der Waals surface area (Å²) in [5, 5.41) is 0. The Labute approximate surface area is 177 Å². The van der Waals surface area contributed by atoms with E-state index in [1.54, 1.807) is 6.26 Å². The molecule has 0 saturated heterocycles. The van der Waals surface area contributed by atoms with E-state index in [9.17, 15) is 4.79 Å². The van der Waals surface area contributed by atoms with Crippen LogP contribution < -0.4 is 4.90 Å². The molecule has 30 heavy (non-hydrogen) atoms. The molecule has 1 atom stereocenters. The van der Waals surface area contributed by atoms with Gasteiger partial charge in [-0.05, 0) is 48.6 Å². The molecular formula is C26H26N2O2. The van der Waals surface area contributed by atoms with Crippen molar-refractivity contribution in [2.45, 2.75) is 32.4 Å². The average Bonchev–Trinajstić information content (AvgIpc) is 3.38. The van der Waals surface area contributed by atoms with Gasteiger partial charge in [-0.25, -0.2) is 0 Å². The Morgan fingerprint density at radius 3 is 2.67 bits per heavy atom. The second kappa shape index (κ2) is 7.86. The molecule has 5 rings (SSSR count). The Balaban J connectivity index is 1.32. The van der Waals surface area contributed by atoms with Crippen molar-refractivity contribution in [3.63, 3.8) is 0 Å². The zero-order chi connectivity index (χ0) is 20.5. The van der Waals surface area contributed by atoms with Gasteiger partial charge >= 0.3 is 0 Å². The second-order valence-corrected chi connectivity index (χ2v) is 8.16. The molecule has 2 aliphatic heterocycles. The highest BCUT2D eigenvalue weighted by Crippen LogP contribution is 2.34. The molecule has 1 aromatic heterocycles. The molecule has 0 bridgehead atoms. The molecule has 0 saturated carbocycles. The van der Waals surface area contributed by atoms with Crippen LogP contribution in [-0.4, -0.2) is 29.9 Å². The molecule has 0 spiro atoms. The van der Waals surface area contributed by atoms with Gasteiger partial charge in [-0.1, -0.05) is 54.6 Å². The minimum absolute atomic E-state index is 0.0576. The predicted octanol–water partition coefficient (Wildman–Crippen LogP) is 5.16. The lowest BCUT2D eigenvalue weighted by atomic mass is 9.99. The van der Waals surface area contributed by atoms with Crippen molar-refractivity contribution < 1.29 is 9.21 Å². The number of hydrogen-bond acceptors (Lipinski definition) is 3. The van der Waals surface area contributed by atoms with E-state index in [1.807, 2.05) is 17.0 Å². The van der Waals surface area contributed by atoms with Crippen LogP contribution in [0.15, 0.2) is 77.4 Å². The molecule has 4 nitrogen and oxygen atoms in total. The number of carbonyl (C=O) groups excluding carboxylic acids is 1. The highest BCUT2D eigenvalue weighted by Gasteiger charge is 2.29. The topological polar surface area (TPSA) is 36.7 Å². The first-order valence-corrected chi connectivity index (χ1v) is 10.7. The zero-order valence-electron chi connectivity index (χ0n) is 17.3. The minimum Gasteiger partial charge on any atom is -0.467 e. The quantitative estimate of drug-likeness (QED) is 0.609. The Morgan fingerprint density at radius 2 is 1.87 bits per heavy atom. The van der Waals surface area contributed by atoms with Crippen molar-refractivity contribution in [2.24, 2.45) is 0 Å². The number of hydrogen-bond donors (Lipinski definition) is 0. The summed E-state index contributed by atoms with van der Waals surface area (Å²) in [6.45, 7) is 4.21. The van der Waals surface area contributed by atoms with Crippen LogP contribution >= 0.6 is 0 Å². The van der Waals surface area contributed by atoms with Crippen molar-refractivity contribution in [3.8, 4) is 0 Å². The van der Waals surface area contributed by atoms with E-state index >= 15 is 0 Å². The number of rotatable bonds is 4. The SMILES string of the molecule is CC1Cc2ccccc2N1Cc1occc1C(=O)N1CC=C(c2ccccc2)CC1. The van der Waals surface area contributed by atoms with Crippen LogP contribution in [0.25, 0.3) is 5.57 Å². The number of amides is 1. The third-order valence-corrected chi connectivity index (χ3v) is 6.28. The zero-order valence-corrected chi connectivity index (χ0v) is 17.3. The van der Waals surface area contributed by atoms with Gasteiger partial charge < -0.3 is 14.2 Å². The van der Waals surface area contributed by atoms with Crippen LogP contribution in [0.1, 0.15) is 40.6 Å². The van der Waals surface area contributed by atoms with Gasteiger partial charge in [0.1, 0.15) is 5.76 Å². The number of fused-ring (bicyclic) bond motifs is 1. The summed E-state index contributed by atoms with van der Waals surface area (Å²) in [7, 11) is 0. The van der Waals surface area contributed by atoms with Crippen LogP contribution in [0.5, 0.6) is 0 Å². The molecule has 1 amide bonds. The second-order valence-electron chi connectivity index (χ2n) is 8.16. The highest BCUT2D eigenvalue weighted by molar-refractivity contribution is 5.95. The minimum atomic E-state index is 0.0576. The van der Waals surface area contributed by atoms with E-state index < -0.39 is 0 Å². The van der Waals surface area contributed by atoms with Gasteiger partial charge in [-0.2, -0.15) is 0 Å². The largest absolute Gasteiger partial charge is 0.467 e. The lowest BCUT2D eigenvalue weighted by Gasteiger charge is -2.28. The summed E-state index contributed by atoms with van der Waals surface area (Å²) in [4.78, 5) is 17.5. The molecule has 2 aromatic carbocycles. The van der Waals surface area contributed by atoms with E-state index in [2.05, 4.69) is 66.4 Å². The van der Waals surface area contributed by atoms with Gasteiger partial charge in [0.2, 0.25) is 0 Å². The first-order valence-electron chi connectivity index (χ1n) is 10.7. The molecular weight excluding hydrogens is 372 g/mol. The van der Waals surface area contributed by atoms with Crippen molar-refractivity contribution >= 4 is 17.2 Å². The Morgan fingerprint density at radius 1 is 1.07 bits per heavy atom. The fraction of sp³-hybridized carbons (Fsp3) is 0.269. The molecule has 3 heterocycles. The normalized spacial score (nSPS) is 18.3. The predicted molar refractivity (Wildman–Crippen MR) is 119 cm³/mol. The number of benzene rings is 2. The first-order chi connectivity index (χ1) is 14.7. The van der Waals surface area contributed by atoms with Crippen LogP contribution in [0.4, 0.5) is 5.69 Å². The first kappa shape index (κ1) is 18.7. The van der Waals surface area contributed by atoms with Crippen LogP contribution in [0, 0.1) is 0 Å². The molecule has 0 aliphatic carbocycles. The van der Waals surface area contributed by atoms with Crippen molar-refractivity contribution in [1.29, 1.82) is 0 Å². The molecule has 3 aromatic rings. The number of carbonyl (C=O) groups is 1. The fourth-order valence-electron chi connectivity index (χ4n) is 4.62. The van der Waals surface area contributed by atoms with Crippen LogP contribution in [-0.2, 0) is 13.0 Å². The standard InChI is InChI=1S/C26H26N2O2/c1-19-17-22-9-5-6-10-24(22)28(19)18-25-23(13-16-30-25)26(29)27-14-11-21(12-15-27)20-7-3-2-4-8-20/h2-11,13,16,19H,12,14-15,17-18H2,1H3. The van der Waals surface area contributed by atoms with Gasteiger partial charge in [-0.3, -0.25) is 4.79 Å². The number of furan rings is 1. The molecule has 0 fully saturated rings. The fourth-order valence-corrected chi connectivity index (χ4v) is 4.62. The average molecular weight is 399 g/mol. The summed E-state index contributed by atoms with van der Waals surface area (Å²) in [6, 6.07) is 21.1. The number of anilines is 1. The molecule has 0 radical (unpaired) electrons. The summed E-state index contributed by atoms with van der Waals surface area (Å²) in [5.41, 5.74) is 5.85. The van der Waals surface area contributed by atoms with Gasteiger partial charge in [0.15, 0.2) is 0 Å². The van der Waals surface area contributed by atoms with E-state index in [0.717, 1.165) is 25.1 Å². The summed E-state index contributed by atoms with van der Waals surface area (Å²) in [5.74, 6) is 0.809. The molecule has 2 aliphatic rings.